The van der Waals surface area contributed by atoms with Gasteiger partial charge in [0.05, 0.1) is 26.6 Å². The Morgan fingerprint density at radius 3 is 1.97 bits per heavy atom. The monoisotopic (exact) mass is 863 g/mol. The lowest BCUT2D eigenvalue weighted by Crippen LogP contribution is -2.44. The molecule has 3 N–H and O–H groups in total. The molecule has 0 spiro atoms. The number of benzene rings is 2. The molecule has 0 unspecified atom stereocenters. The van der Waals surface area contributed by atoms with Crippen LogP contribution in [0.15, 0.2) is 97.6 Å². The number of H-pyrrole nitrogens is 1. The van der Waals surface area contributed by atoms with E-state index in [-0.39, 0.29) is 40.6 Å². The minimum absolute atomic E-state index is 0.0255. The molecule has 1 aliphatic rings. The van der Waals surface area contributed by atoms with Gasteiger partial charge in [-0.3, -0.25) is 19.4 Å². The van der Waals surface area contributed by atoms with Gasteiger partial charge in [-0.2, -0.15) is 40.0 Å². The fourth-order valence-corrected chi connectivity index (χ4v) is 6.05. The van der Waals surface area contributed by atoms with E-state index in [1.807, 2.05) is 66.7 Å². The number of methoxy groups -OCH3 is 1. The number of amides is 3. The SMILES string of the molecule is COc1nc2c(N(C(=O)OC(C)(C)C)C(=O)OC(C)(C)C)nc(Cl)nc2n1Cc1ccccc1.Nc1nc(-n2cccn2)nc2c1CC(=O)N2Cc1ccccc1.c1cn[nH]c1. The quantitative estimate of drug-likeness (QED) is 0.155. The van der Waals surface area contributed by atoms with Crippen molar-refractivity contribution in [1.29, 1.82) is 0 Å². The predicted octanol–water partition coefficient (Wildman–Crippen LogP) is 6.96. The number of ether oxygens (including phenoxy) is 3. The lowest BCUT2D eigenvalue weighted by atomic mass is 10.2. The Morgan fingerprint density at radius 1 is 0.823 bits per heavy atom. The molecule has 20 heteroatoms. The number of anilines is 3. The number of carbonyl (C=O) groups excluding carboxylic acids is 3. The maximum Gasteiger partial charge on any atom is 0.425 e. The lowest BCUT2D eigenvalue weighted by molar-refractivity contribution is -0.117. The van der Waals surface area contributed by atoms with Gasteiger partial charge in [0.15, 0.2) is 17.0 Å². The van der Waals surface area contributed by atoms with E-state index < -0.39 is 23.4 Å². The lowest BCUT2D eigenvalue weighted by Gasteiger charge is -2.28. The highest BCUT2D eigenvalue weighted by molar-refractivity contribution is 6.29. The van der Waals surface area contributed by atoms with Crippen molar-refractivity contribution in [1.82, 2.24) is 49.5 Å². The van der Waals surface area contributed by atoms with Gasteiger partial charge in [0, 0.05) is 30.4 Å². The van der Waals surface area contributed by atoms with Gasteiger partial charge in [-0.1, -0.05) is 60.7 Å². The molecule has 0 aliphatic carbocycles. The molecule has 322 valence electrons. The molecular weight excluding hydrogens is 818 g/mol. The summed E-state index contributed by atoms with van der Waals surface area (Å²) in [6, 6.07) is 23.2. The molecule has 7 aromatic rings. The first kappa shape index (κ1) is 44.2. The maximum absolute atomic E-state index is 13.1. The van der Waals surface area contributed by atoms with Crippen LogP contribution in [0.3, 0.4) is 0 Å². The first-order valence-corrected chi connectivity index (χ1v) is 19.6. The second-order valence-electron chi connectivity index (χ2n) is 15.5. The van der Waals surface area contributed by atoms with E-state index in [1.165, 1.54) is 11.8 Å². The van der Waals surface area contributed by atoms with Crippen molar-refractivity contribution in [2.24, 2.45) is 0 Å². The Labute approximate surface area is 361 Å². The number of aromatic nitrogens is 10. The van der Waals surface area contributed by atoms with Crippen molar-refractivity contribution in [2.75, 3.05) is 22.6 Å². The summed E-state index contributed by atoms with van der Waals surface area (Å²) in [5.74, 6) is 1.05. The van der Waals surface area contributed by atoms with Crippen molar-refractivity contribution in [2.45, 2.75) is 72.3 Å². The van der Waals surface area contributed by atoms with Gasteiger partial charge in [0.2, 0.25) is 11.2 Å². The molecule has 0 atom stereocenters. The van der Waals surface area contributed by atoms with Crippen LogP contribution in [0.4, 0.5) is 27.0 Å². The fraction of sp³-hybridized carbons (Fsp3) is 0.286. The van der Waals surface area contributed by atoms with Crippen LogP contribution in [-0.2, 0) is 33.8 Å². The highest BCUT2D eigenvalue weighted by Crippen LogP contribution is 2.33. The van der Waals surface area contributed by atoms with Crippen LogP contribution in [0.5, 0.6) is 6.01 Å². The van der Waals surface area contributed by atoms with E-state index in [1.54, 1.807) is 81.9 Å². The number of nitrogens with zero attached hydrogens (tertiary/aromatic N) is 11. The first-order valence-electron chi connectivity index (χ1n) is 19.2. The summed E-state index contributed by atoms with van der Waals surface area (Å²) in [5, 5.41) is 10.1. The highest BCUT2D eigenvalue weighted by atomic mass is 35.5. The van der Waals surface area contributed by atoms with E-state index in [4.69, 9.17) is 31.5 Å². The fourth-order valence-electron chi connectivity index (χ4n) is 5.89. The minimum atomic E-state index is -0.991. The van der Waals surface area contributed by atoms with Crippen molar-refractivity contribution < 1.29 is 28.6 Å². The molecule has 3 amide bonds. The van der Waals surface area contributed by atoms with Crippen LogP contribution < -0.4 is 20.3 Å². The molecule has 0 fully saturated rings. The molecular formula is C42H46ClN13O6. The van der Waals surface area contributed by atoms with Gasteiger partial charge in [-0.05, 0) is 76.4 Å². The maximum atomic E-state index is 13.1. The summed E-state index contributed by atoms with van der Waals surface area (Å²) >= 11 is 6.24. The van der Waals surface area contributed by atoms with Gasteiger partial charge in [-0.25, -0.2) is 14.3 Å². The van der Waals surface area contributed by atoms with Crippen LogP contribution in [0.2, 0.25) is 5.28 Å². The number of imidazole rings is 1. The van der Waals surface area contributed by atoms with E-state index in [0.717, 1.165) is 11.1 Å². The number of hydrogen-bond donors (Lipinski definition) is 2. The molecule has 62 heavy (non-hydrogen) atoms. The Kier molecular flexibility index (Phi) is 13.4. The number of hydrogen-bond acceptors (Lipinski definition) is 14. The second kappa shape index (κ2) is 18.9. The van der Waals surface area contributed by atoms with E-state index in [9.17, 15) is 14.4 Å². The molecule has 1 aliphatic heterocycles. The molecule has 0 saturated carbocycles. The summed E-state index contributed by atoms with van der Waals surface area (Å²) in [7, 11) is 1.46. The van der Waals surface area contributed by atoms with E-state index in [2.05, 4.69) is 40.2 Å². The number of fused-ring (bicyclic) bond motifs is 2. The summed E-state index contributed by atoms with van der Waals surface area (Å²) in [5.41, 5.74) is 7.30. The largest absolute Gasteiger partial charge is 0.468 e. The van der Waals surface area contributed by atoms with Gasteiger partial charge < -0.3 is 19.9 Å². The molecule has 6 heterocycles. The van der Waals surface area contributed by atoms with Gasteiger partial charge in [0.1, 0.15) is 22.8 Å². The topological polar surface area (TPSA) is 227 Å². The standard InChI is InChI=1S/C23H28ClN5O5.C16H14N6O.C3H4N2/c1-22(2,3)33-20(30)29(21(31)34-23(4,5)6)17-15-16(26-18(24)27-17)28(19(25-15)32-7)13-14-11-9-8-10-12-14;17-14-12-9-13(23)21(10-11-5-2-1-3-6-11)15(12)20-16(19-14)22-8-4-7-18-22;1-2-4-5-3-1/h8-12H,13H2,1-7H3;1-8H,9-10H2,(H2,17,19,20);1-3H,(H,4,5). The summed E-state index contributed by atoms with van der Waals surface area (Å²) < 4.78 is 19.6. The number of carbonyl (C=O) groups is 3. The number of imide groups is 1. The molecule has 2 aromatic carbocycles. The molecule has 0 saturated heterocycles. The Hall–Kier alpha value is -7.41. The third kappa shape index (κ3) is 11.0. The zero-order valence-electron chi connectivity index (χ0n) is 35.2. The number of nitrogen functional groups attached to an aromatic ring is 1. The average Bonchev–Trinajstić information content (AvgIpc) is 4.05. The van der Waals surface area contributed by atoms with Gasteiger partial charge in [-0.15, -0.1) is 0 Å². The smallest absolute Gasteiger partial charge is 0.425 e. The van der Waals surface area contributed by atoms with Crippen LogP contribution in [0.1, 0.15) is 58.2 Å². The summed E-state index contributed by atoms with van der Waals surface area (Å²) in [6.07, 6.45) is 5.08. The number of rotatable bonds is 7. The third-order valence-electron chi connectivity index (χ3n) is 8.43. The first-order chi connectivity index (χ1) is 29.5. The van der Waals surface area contributed by atoms with E-state index >= 15 is 0 Å². The highest BCUT2D eigenvalue weighted by Gasteiger charge is 2.37. The van der Waals surface area contributed by atoms with E-state index in [0.29, 0.717) is 41.1 Å². The summed E-state index contributed by atoms with van der Waals surface area (Å²) in [4.78, 5) is 62.6. The molecule has 0 radical (unpaired) electrons. The number of aromatic amines is 1. The zero-order chi connectivity index (χ0) is 44.6. The second-order valence-corrected chi connectivity index (χ2v) is 15.9. The molecule has 19 nitrogen and oxygen atoms in total. The number of nitrogens with one attached hydrogen (secondary N) is 1. The molecule has 5 aromatic heterocycles. The van der Waals surface area contributed by atoms with Gasteiger partial charge >= 0.3 is 12.2 Å². The Bertz CT molecular complexity index is 2560. The van der Waals surface area contributed by atoms with Gasteiger partial charge in [0.25, 0.3) is 12.0 Å². The Balaban J connectivity index is 0.000000195. The molecule has 8 rings (SSSR count). The van der Waals surface area contributed by atoms with Crippen molar-refractivity contribution in [3.8, 4) is 12.0 Å². The van der Waals surface area contributed by atoms with Crippen LogP contribution in [0, 0.1) is 0 Å². The normalized spacial score (nSPS) is 12.1. The van der Waals surface area contributed by atoms with Crippen LogP contribution in [-0.4, -0.2) is 85.9 Å². The van der Waals surface area contributed by atoms with Crippen LogP contribution in [0.25, 0.3) is 17.1 Å². The van der Waals surface area contributed by atoms with Crippen molar-refractivity contribution in [3.63, 3.8) is 0 Å². The zero-order valence-corrected chi connectivity index (χ0v) is 35.9. The Morgan fingerprint density at radius 2 is 1.45 bits per heavy atom. The summed E-state index contributed by atoms with van der Waals surface area (Å²) in [6.45, 7) is 10.9. The van der Waals surface area contributed by atoms with Crippen LogP contribution >= 0.6 is 11.6 Å². The third-order valence-corrected chi connectivity index (χ3v) is 8.60. The van der Waals surface area contributed by atoms with Crippen molar-refractivity contribution >= 4 is 58.3 Å². The molecule has 0 bridgehead atoms. The number of nitrogens with two attached hydrogens (primary N) is 1. The predicted molar refractivity (Wildman–Crippen MR) is 231 cm³/mol. The average molecular weight is 864 g/mol. The number of halogens is 1. The van der Waals surface area contributed by atoms with Crippen molar-refractivity contribution in [3.05, 3.63) is 120 Å². The minimum Gasteiger partial charge on any atom is -0.468 e.